The van der Waals surface area contributed by atoms with E-state index in [2.05, 4.69) is 86.0 Å². The highest BCUT2D eigenvalue weighted by molar-refractivity contribution is 5.89. The number of hydrogen-bond acceptors (Lipinski definition) is 8. The van der Waals surface area contributed by atoms with Crippen LogP contribution in [0.25, 0.3) is 0 Å². The average Bonchev–Trinajstić information content (AvgIpc) is 4.14. The molecule has 376 valence electrons. The molecule has 68 heavy (non-hydrogen) atoms. The molecule has 2 spiro atoms. The van der Waals surface area contributed by atoms with Gasteiger partial charge in [-0.1, -0.05) is 36.4 Å². The SMILES string of the molecule is COC(C)(C)CCOc1ccccc1C1CCN([C@@H]2CCC3(C2)CN(C(=O)C2(F)CC2)C3)CC1.COC(C)(C)CCOc1ccccc1C1CCN([C@H]2CCC3(C2)CN(C(=O)C2(F)CC2)C3)CC1. The fourth-order valence-electron chi connectivity index (χ4n) is 12.6. The van der Waals surface area contributed by atoms with E-state index in [0.29, 0.717) is 62.8 Å². The number of alkyl halides is 2. The van der Waals surface area contributed by atoms with Gasteiger partial charge in [0.05, 0.1) is 24.4 Å². The molecular formula is C56H82F2N4O6. The second-order valence-corrected chi connectivity index (χ2v) is 23.9. The van der Waals surface area contributed by atoms with Crippen LogP contribution in [0.2, 0.25) is 0 Å². The minimum absolute atomic E-state index is 0.172. The highest BCUT2D eigenvalue weighted by Crippen LogP contribution is 2.53. The van der Waals surface area contributed by atoms with E-state index in [1.165, 1.54) is 36.8 Å². The van der Waals surface area contributed by atoms with Gasteiger partial charge in [0.2, 0.25) is 0 Å². The van der Waals surface area contributed by atoms with E-state index in [1.807, 2.05) is 0 Å². The predicted octanol–water partition coefficient (Wildman–Crippen LogP) is 9.89. The molecule has 0 radical (unpaired) electrons. The number of likely N-dealkylation sites (tertiary alicyclic amines) is 4. The van der Waals surface area contributed by atoms with Gasteiger partial charge < -0.3 is 38.5 Å². The van der Waals surface area contributed by atoms with Crippen LogP contribution in [0.15, 0.2) is 48.5 Å². The van der Waals surface area contributed by atoms with E-state index < -0.39 is 11.3 Å². The van der Waals surface area contributed by atoms with Crippen molar-refractivity contribution in [2.45, 2.75) is 177 Å². The number of amides is 2. The Balaban J connectivity index is 0.000000170. The Morgan fingerprint density at radius 1 is 0.559 bits per heavy atom. The van der Waals surface area contributed by atoms with Crippen molar-refractivity contribution in [3.8, 4) is 11.5 Å². The van der Waals surface area contributed by atoms with E-state index >= 15 is 0 Å². The van der Waals surface area contributed by atoms with Crippen LogP contribution in [0.4, 0.5) is 8.78 Å². The first-order valence-corrected chi connectivity index (χ1v) is 26.4. The lowest BCUT2D eigenvalue weighted by Crippen LogP contribution is -2.60. The molecule has 4 heterocycles. The number of piperidine rings is 2. The molecule has 2 atom stereocenters. The van der Waals surface area contributed by atoms with Crippen LogP contribution < -0.4 is 9.47 Å². The van der Waals surface area contributed by atoms with Gasteiger partial charge in [-0.2, -0.15) is 0 Å². The zero-order chi connectivity index (χ0) is 48.0. The highest BCUT2D eigenvalue weighted by atomic mass is 19.1. The normalized spacial score (nSPS) is 26.5. The molecule has 8 aliphatic rings. The van der Waals surface area contributed by atoms with E-state index in [9.17, 15) is 18.4 Å². The minimum atomic E-state index is -1.51. The van der Waals surface area contributed by atoms with Crippen LogP contribution in [0.3, 0.4) is 0 Å². The topological polar surface area (TPSA) is 84.0 Å². The van der Waals surface area contributed by atoms with Gasteiger partial charge in [0.25, 0.3) is 11.8 Å². The fraction of sp³-hybridized carbons (Fsp3) is 0.750. The second-order valence-electron chi connectivity index (χ2n) is 23.9. The van der Waals surface area contributed by atoms with Crippen molar-refractivity contribution in [3.05, 3.63) is 59.7 Å². The quantitative estimate of drug-likeness (QED) is 0.165. The number of para-hydroxylation sites is 2. The molecule has 0 unspecified atom stereocenters. The number of rotatable bonds is 16. The number of halogens is 2. The van der Waals surface area contributed by atoms with Crippen molar-refractivity contribution in [3.63, 3.8) is 0 Å². The molecule has 12 heteroatoms. The number of methoxy groups -OCH3 is 2. The Hall–Kier alpha value is -3.32. The Bertz CT molecular complexity index is 1920. The summed E-state index contributed by atoms with van der Waals surface area (Å²) in [5.41, 5.74) is -0.188. The Labute approximate surface area is 406 Å². The number of hydrogen-bond donors (Lipinski definition) is 0. The van der Waals surface area contributed by atoms with Crippen LogP contribution in [-0.4, -0.2) is 146 Å². The van der Waals surface area contributed by atoms with Crippen molar-refractivity contribution in [2.24, 2.45) is 10.8 Å². The van der Waals surface area contributed by atoms with Gasteiger partial charge in [0.1, 0.15) is 11.5 Å². The van der Waals surface area contributed by atoms with Crippen molar-refractivity contribution in [1.29, 1.82) is 0 Å². The standard InChI is InChI=1S/2C28H41FN2O3/c2*1-26(2,33-3)14-17-34-24-7-5-4-6-23(24)21-9-15-30(16-10-21)22-8-11-27(18-22)19-31(20-27)25(32)28(29)12-13-28/h2*4-7,21-22H,8-20H2,1-3H3/t2*22-/m10/s1. The lowest BCUT2D eigenvalue weighted by Gasteiger charge is -2.49. The first-order chi connectivity index (χ1) is 32.5. The van der Waals surface area contributed by atoms with Crippen molar-refractivity contribution < 1.29 is 37.3 Å². The molecular weight excluding hydrogens is 863 g/mol. The van der Waals surface area contributed by atoms with E-state index in [4.69, 9.17) is 18.9 Å². The monoisotopic (exact) mass is 945 g/mol. The summed E-state index contributed by atoms with van der Waals surface area (Å²) in [5.74, 6) is 2.63. The molecule has 2 aromatic rings. The van der Waals surface area contributed by atoms with Crippen LogP contribution in [-0.2, 0) is 19.1 Å². The number of nitrogens with zero attached hydrogens (tertiary/aromatic N) is 4. The maximum atomic E-state index is 14.1. The summed E-state index contributed by atoms with van der Waals surface area (Å²) in [4.78, 5) is 33.5. The third-order valence-electron chi connectivity index (χ3n) is 18.0. The highest BCUT2D eigenvalue weighted by Gasteiger charge is 2.60. The number of carbonyl (C=O) groups is 2. The van der Waals surface area contributed by atoms with Crippen LogP contribution in [0.5, 0.6) is 11.5 Å². The summed E-state index contributed by atoms with van der Waals surface area (Å²) in [6, 6.07) is 18.3. The zero-order valence-electron chi connectivity index (χ0n) is 42.3. The predicted molar refractivity (Wildman–Crippen MR) is 262 cm³/mol. The van der Waals surface area contributed by atoms with Gasteiger partial charge in [-0.15, -0.1) is 0 Å². The molecule has 4 saturated carbocycles. The zero-order valence-corrected chi connectivity index (χ0v) is 42.3. The smallest absolute Gasteiger partial charge is 0.260 e. The molecule has 2 amide bonds. The third kappa shape index (κ3) is 11.1. The maximum Gasteiger partial charge on any atom is 0.260 e. The first kappa shape index (κ1) is 49.7. The maximum absolute atomic E-state index is 14.1. The lowest BCUT2D eigenvalue weighted by atomic mass is 9.77. The molecule has 10 rings (SSSR count). The summed E-state index contributed by atoms with van der Waals surface area (Å²) >= 11 is 0. The van der Waals surface area contributed by atoms with Crippen LogP contribution in [0.1, 0.15) is 153 Å². The molecule has 0 bridgehead atoms. The molecule has 10 nitrogen and oxygen atoms in total. The molecule has 4 saturated heterocycles. The average molecular weight is 945 g/mol. The molecule has 8 fully saturated rings. The Morgan fingerprint density at radius 2 is 0.912 bits per heavy atom. The van der Waals surface area contributed by atoms with Gasteiger partial charge in [-0.25, -0.2) is 8.78 Å². The molecule has 4 aliphatic heterocycles. The van der Waals surface area contributed by atoms with Crippen molar-refractivity contribution in [2.75, 3.05) is 79.8 Å². The number of ether oxygens (including phenoxy) is 4. The lowest BCUT2D eigenvalue weighted by molar-refractivity contribution is -0.151. The van der Waals surface area contributed by atoms with Gasteiger partial charge in [0, 0.05) is 76.2 Å². The van der Waals surface area contributed by atoms with E-state index in [-0.39, 0.29) is 33.8 Å². The largest absolute Gasteiger partial charge is 0.493 e. The van der Waals surface area contributed by atoms with Crippen LogP contribution in [0, 0.1) is 10.8 Å². The summed E-state index contributed by atoms with van der Waals surface area (Å²) in [6.07, 6.45) is 15.1. The summed E-state index contributed by atoms with van der Waals surface area (Å²) in [7, 11) is 3.50. The van der Waals surface area contributed by atoms with Crippen molar-refractivity contribution in [1.82, 2.24) is 19.6 Å². The van der Waals surface area contributed by atoms with Gasteiger partial charge >= 0.3 is 0 Å². The number of carbonyl (C=O) groups excluding carboxylic acids is 2. The summed E-state index contributed by atoms with van der Waals surface area (Å²) < 4.78 is 51.7. The van der Waals surface area contributed by atoms with E-state index in [1.54, 1.807) is 24.0 Å². The molecule has 4 aliphatic carbocycles. The van der Waals surface area contributed by atoms with E-state index in [0.717, 1.165) is 115 Å². The Morgan fingerprint density at radius 3 is 1.25 bits per heavy atom. The fourth-order valence-corrected chi connectivity index (χ4v) is 12.6. The first-order valence-electron chi connectivity index (χ1n) is 26.4. The second kappa shape index (κ2) is 19.7. The molecule has 0 N–H and O–H groups in total. The molecule has 0 aromatic heterocycles. The van der Waals surface area contributed by atoms with Gasteiger partial charge in [0.15, 0.2) is 11.3 Å². The number of benzene rings is 2. The van der Waals surface area contributed by atoms with Gasteiger partial charge in [-0.05, 0) is 179 Å². The Kier molecular flexibility index (Phi) is 14.4. The minimum Gasteiger partial charge on any atom is -0.493 e. The third-order valence-corrected chi connectivity index (χ3v) is 18.0. The van der Waals surface area contributed by atoms with Gasteiger partial charge in [-0.3, -0.25) is 9.59 Å². The summed E-state index contributed by atoms with van der Waals surface area (Å²) in [5, 5.41) is 0. The van der Waals surface area contributed by atoms with Crippen molar-refractivity contribution >= 4 is 11.8 Å². The summed E-state index contributed by atoms with van der Waals surface area (Å²) in [6.45, 7) is 17.2. The molecule has 2 aromatic carbocycles. The van der Waals surface area contributed by atoms with Crippen LogP contribution >= 0.6 is 0 Å².